The fourth-order valence-electron chi connectivity index (χ4n) is 3.06. The molecule has 3 aromatic rings. The number of nitrogens with zero attached hydrogens (tertiary/aromatic N) is 4. The fourth-order valence-corrected chi connectivity index (χ4v) is 3.48. The van der Waals surface area contributed by atoms with Crippen LogP contribution >= 0.6 is 23.8 Å². The number of nitrogens with one attached hydrogen (secondary N) is 2. The highest BCUT2D eigenvalue weighted by Crippen LogP contribution is 2.35. The van der Waals surface area contributed by atoms with E-state index in [0.29, 0.717) is 27.9 Å². The van der Waals surface area contributed by atoms with E-state index in [0.717, 1.165) is 35.7 Å². The van der Waals surface area contributed by atoms with Crippen LogP contribution in [0.25, 0.3) is 5.69 Å². The van der Waals surface area contributed by atoms with Crippen LogP contribution in [-0.2, 0) is 6.54 Å². The molecule has 0 radical (unpaired) electrons. The van der Waals surface area contributed by atoms with Crippen molar-refractivity contribution in [3.8, 4) is 5.69 Å². The second-order valence-electron chi connectivity index (χ2n) is 6.67. The van der Waals surface area contributed by atoms with Crippen LogP contribution in [0.5, 0.6) is 0 Å². The van der Waals surface area contributed by atoms with Crippen LogP contribution in [0.1, 0.15) is 46.5 Å². The first-order chi connectivity index (χ1) is 13.0. The third-order valence-corrected chi connectivity index (χ3v) is 5.51. The molecule has 0 spiro atoms. The van der Waals surface area contributed by atoms with Gasteiger partial charge in [0.25, 0.3) is 5.91 Å². The summed E-state index contributed by atoms with van der Waals surface area (Å²) in [5.74, 6) is 0.592. The summed E-state index contributed by atoms with van der Waals surface area (Å²) < 4.78 is 4.37. The Labute approximate surface area is 166 Å². The molecular formula is C18H19ClN6OS. The first kappa shape index (κ1) is 17.9. The maximum absolute atomic E-state index is 12.5. The van der Waals surface area contributed by atoms with Gasteiger partial charge in [-0.3, -0.25) is 14.5 Å². The first-order valence-electron chi connectivity index (χ1n) is 8.72. The van der Waals surface area contributed by atoms with Gasteiger partial charge in [0.15, 0.2) is 10.6 Å². The predicted octanol–water partition coefficient (Wildman–Crippen LogP) is 3.66. The molecule has 1 aliphatic carbocycles. The lowest BCUT2D eigenvalue weighted by Gasteiger charge is -2.08. The van der Waals surface area contributed by atoms with Crippen molar-refractivity contribution < 1.29 is 4.79 Å². The zero-order chi connectivity index (χ0) is 19.1. The molecule has 0 unspecified atom stereocenters. The van der Waals surface area contributed by atoms with Gasteiger partial charge >= 0.3 is 0 Å². The molecule has 1 amide bonds. The number of rotatable bonds is 5. The molecule has 140 valence electrons. The molecule has 2 aromatic heterocycles. The molecule has 9 heteroatoms. The van der Waals surface area contributed by atoms with Crippen LogP contribution < -0.4 is 5.32 Å². The summed E-state index contributed by atoms with van der Waals surface area (Å²) in [4.78, 5) is 12.5. The number of aromatic nitrogens is 5. The number of carbonyl (C=O) groups is 1. The summed E-state index contributed by atoms with van der Waals surface area (Å²) in [7, 11) is 0. The van der Waals surface area contributed by atoms with E-state index in [1.807, 2.05) is 30.5 Å². The maximum atomic E-state index is 12.5. The summed E-state index contributed by atoms with van der Waals surface area (Å²) in [5.41, 5.74) is 3.07. The third-order valence-electron chi connectivity index (χ3n) is 4.67. The Morgan fingerprint density at radius 3 is 2.63 bits per heavy atom. The number of hydrogen-bond donors (Lipinski definition) is 2. The molecule has 27 heavy (non-hydrogen) atoms. The van der Waals surface area contributed by atoms with Crippen molar-refractivity contribution in [2.45, 2.75) is 39.3 Å². The summed E-state index contributed by atoms with van der Waals surface area (Å²) in [6.07, 6.45) is 2.21. The normalized spacial score (nSPS) is 13.7. The van der Waals surface area contributed by atoms with Gasteiger partial charge in [0.05, 0.1) is 28.6 Å². The first-order valence-corrected chi connectivity index (χ1v) is 9.50. The minimum absolute atomic E-state index is 0.163. The van der Waals surface area contributed by atoms with Crippen molar-refractivity contribution >= 4 is 29.7 Å². The Kier molecular flexibility index (Phi) is 4.61. The quantitative estimate of drug-likeness (QED) is 0.638. The molecule has 0 saturated heterocycles. The van der Waals surface area contributed by atoms with E-state index in [2.05, 4.69) is 20.6 Å². The molecular weight excluding hydrogens is 384 g/mol. The minimum Gasteiger partial charge on any atom is -0.345 e. The summed E-state index contributed by atoms with van der Waals surface area (Å²) in [5, 5.41) is 15.0. The lowest BCUT2D eigenvalue weighted by molar-refractivity contribution is 0.0949. The Morgan fingerprint density at radius 1 is 1.33 bits per heavy atom. The molecule has 1 aromatic carbocycles. The van der Waals surface area contributed by atoms with Crippen molar-refractivity contribution in [3.05, 3.63) is 56.8 Å². The van der Waals surface area contributed by atoms with Gasteiger partial charge in [-0.1, -0.05) is 11.6 Å². The van der Waals surface area contributed by atoms with Crippen LogP contribution in [0.15, 0.2) is 24.3 Å². The van der Waals surface area contributed by atoms with E-state index in [1.165, 1.54) is 0 Å². The van der Waals surface area contributed by atoms with Gasteiger partial charge in [-0.2, -0.15) is 10.2 Å². The van der Waals surface area contributed by atoms with E-state index >= 15 is 0 Å². The van der Waals surface area contributed by atoms with Crippen molar-refractivity contribution in [2.75, 3.05) is 0 Å². The molecule has 2 heterocycles. The van der Waals surface area contributed by atoms with Gasteiger partial charge in [0.1, 0.15) is 0 Å². The summed E-state index contributed by atoms with van der Waals surface area (Å²) >= 11 is 11.5. The van der Waals surface area contributed by atoms with Gasteiger partial charge in [0, 0.05) is 11.6 Å². The molecule has 1 saturated carbocycles. The molecule has 0 atom stereocenters. The lowest BCUT2D eigenvalue weighted by atomic mass is 10.2. The highest BCUT2D eigenvalue weighted by molar-refractivity contribution is 7.71. The Hall–Kier alpha value is -2.45. The van der Waals surface area contributed by atoms with Crippen molar-refractivity contribution in [2.24, 2.45) is 0 Å². The maximum Gasteiger partial charge on any atom is 0.251 e. The van der Waals surface area contributed by atoms with Gasteiger partial charge in [0.2, 0.25) is 0 Å². The zero-order valence-corrected chi connectivity index (χ0v) is 16.6. The number of aromatic amines is 1. The van der Waals surface area contributed by atoms with Gasteiger partial charge < -0.3 is 5.32 Å². The van der Waals surface area contributed by atoms with Gasteiger partial charge in [-0.05, 0) is 63.2 Å². The summed E-state index contributed by atoms with van der Waals surface area (Å²) in [6, 6.07) is 7.66. The monoisotopic (exact) mass is 402 g/mol. The number of H-pyrrole nitrogens is 1. The van der Waals surface area contributed by atoms with Crippen molar-refractivity contribution in [1.29, 1.82) is 0 Å². The number of hydrogen-bond acceptors (Lipinski definition) is 4. The number of halogens is 1. The second kappa shape index (κ2) is 6.94. The molecule has 1 aliphatic rings. The average molecular weight is 403 g/mol. The average Bonchev–Trinajstić information content (AvgIpc) is 3.39. The topological polar surface area (TPSA) is 80.5 Å². The van der Waals surface area contributed by atoms with Gasteiger partial charge in [-0.15, -0.1) is 0 Å². The Bertz CT molecular complexity index is 1060. The number of benzene rings is 1. The standard InChI is InChI=1S/C18H19ClN6OS/c1-10-16(19)11(2)25(23-10)14-5-3-12(4-6-14)17(26)20-9-15-21-22-18(27)24(15)13-7-8-13/h3-6,13H,7-9H2,1-2H3,(H,20,26)(H,22,27). The molecule has 0 bridgehead atoms. The van der Waals surface area contributed by atoms with Crippen LogP contribution in [0.2, 0.25) is 5.02 Å². The highest BCUT2D eigenvalue weighted by Gasteiger charge is 2.27. The van der Waals surface area contributed by atoms with Crippen LogP contribution in [-0.4, -0.2) is 30.5 Å². The zero-order valence-electron chi connectivity index (χ0n) is 15.0. The van der Waals surface area contributed by atoms with Crippen molar-refractivity contribution in [1.82, 2.24) is 29.9 Å². The van der Waals surface area contributed by atoms with Crippen LogP contribution in [0.4, 0.5) is 0 Å². The Balaban J connectivity index is 1.47. The highest BCUT2D eigenvalue weighted by atomic mass is 35.5. The lowest BCUT2D eigenvalue weighted by Crippen LogP contribution is -2.24. The fraction of sp³-hybridized carbons (Fsp3) is 0.333. The third kappa shape index (κ3) is 3.42. The van der Waals surface area contributed by atoms with E-state index < -0.39 is 0 Å². The van der Waals surface area contributed by atoms with E-state index in [9.17, 15) is 4.79 Å². The van der Waals surface area contributed by atoms with Crippen molar-refractivity contribution in [3.63, 3.8) is 0 Å². The number of amides is 1. The minimum atomic E-state index is -0.163. The molecule has 2 N–H and O–H groups in total. The number of carbonyl (C=O) groups excluding carboxylic acids is 1. The molecule has 7 nitrogen and oxygen atoms in total. The number of aryl methyl sites for hydroxylation is 1. The summed E-state index contributed by atoms with van der Waals surface area (Å²) in [6.45, 7) is 4.11. The van der Waals surface area contributed by atoms with E-state index in [1.54, 1.807) is 16.8 Å². The second-order valence-corrected chi connectivity index (χ2v) is 7.44. The Morgan fingerprint density at radius 2 is 2.04 bits per heavy atom. The van der Waals surface area contributed by atoms with E-state index in [4.69, 9.17) is 23.8 Å². The predicted molar refractivity (Wildman–Crippen MR) is 105 cm³/mol. The van der Waals surface area contributed by atoms with Gasteiger partial charge in [-0.25, -0.2) is 4.68 Å². The molecule has 4 rings (SSSR count). The molecule has 1 fully saturated rings. The van der Waals surface area contributed by atoms with E-state index in [-0.39, 0.29) is 5.91 Å². The van der Waals surface area contributed by atoms with Crippen LogP contribution in [0, 0.1) is 18.6 Å². The van der Waals surface area contributed by atoms with Crippen LogP contribution in [0.3, 0.4) is 0 Å². The largest absolute Gasteiger partial charge is 0.345 e. The smallest absolute Gasteiger partial charge is 0.251 e. The SMILES string of the molecule is Cc1nn(-c2ccc(C(=O)NCc3n[nH]c(=S)n3C3CC3)cc2)c(C)c1Cl. The molecule has 0 aliphatic heterocycles.